The lowest BCUT2D eigenvalue weighted by Crippen LogP contribution is -2.54. The lowest BCUT2D eigenvalue weighted by atomic mass is 10.1. The maximum Gasteiger partial charge on any atom is 0.338 e. The highest BCUT2D eigenvalue weighted by molar-refractivity contribution is 7.89. The van der Waals surface area contributed by atoms with Gasteiger partial charge in [-0.2, -0.15) is 18.4 Å². The first-order valence-electron chi connectivity index (χ1n) is 9.95. The van der Waals surface area contributed by atoms with Crippen molar-refractivity contribution in [2.24, 2.45) is 5.10 Å². The Labute approximate surface area is 191 Å². The number of nitrogens with zero attached hydrogens (tertiary/aromatic N) is 1. The number of carbonyl (C=O) groups excluding carboxylic acids is 2. The zero-order valence-electron chi connectivity index (χ0n) is 18.3. The lowest BCUT2D eigenvalue weighted by Gasteiger charge is -2.35. The van der Waals surface area contributed by atoms with Crippen molar-refractivity contribution < 1.29 is 37.0 Å². The van der Waals surface area contributed by atoms with Crippen LogP contribution in [0, 0.1) is 6.92 Å². The van der Waals surface area contributed by atoms with Crippen molar-refractivity contribution in [2.75, 3.05) is 13.7 Å². The molecule has 176 valence electrons. The van der Waals surface area contributed by atoms with Gasteiger partial charge in [-0.15, -0.1) is 0 Å². The Morgan fingerprint density at radius 1 is 1.06 bits per heavy atom. The molecule has 0 amide bonds. The topological polar surface area (TPSA) is 130 Å². The molecule has 33 heavy (non-hydrogen) atoms. The minimum absolute atomic E-state index is 0.0188. The van der Waals surface area contributed by atoms with Gasteiger partial charge in [-0.1, -0.05) is 35.9 Å². The van der Waals surface area contributed by atoms with Crippen LogP contribution in [0.3, 0.4) is 0 Å². The molecule has 0 saturated carbocycles. The summed E-state index contributed by atoms with van der Waals surface area (Å²) in [4.78, 5) is 26.4. The third kappa shape index (κ3) is 6.15. The van der Waals surface area contributed by atoms with E-state index in [9.17, 15) is 18.0 Å². The van der Waals surface area contributed by atoms with Crippen LogP contribution < -0.4 is 4.83 Å². The Bertz CT molecular complexity index is 1120. The van der Waals surface area contributed by atoms with Gasteiger partial charge in [0.05, 0.1) is 17.1 Å². The van der Waals surface area contributed by atoms with E-state index in [4.69, 9.17) is 18.9 Å². The van der Waals surface area contributed by atoms with E-state index < -0.39 is 40.5 Å². The van der Waals surface area contributed by atoms with E-state index >= 15 is 0 Å². The summed E-state index contributed by atoms with van der Waals surface area (Å²) in [6.07, 6.45) is -3.50. The Morgan fingerprint density at radius 3 is 2.33 bits per heavy atom. The van der Waals surface area contributed by atoms with Gasteiger partial charge in [-0.05, 0) is 31.2 Å². The minimum atomic E-state index is -4.06. The fourth-order valence-electron chi connectivity index (χ4n) is 3.06. The zero-order chi connectivity index (χ0) is 24.0. The number of sulfonamides is 1. The minimum Gasteiger partial charge on any atom is -0.454 e. The summed E-state index contributed by atoms with van der Waals surface area (Å²) in [6.45, 7) is 2.83. The van der Waals surface area contributed by atoms with E-state index in [-0.39, 0.29) is 22.8 Å². The predicted molar refractivity (Wildman–Crippen MR) is 117 cm³/mol. The van der Waals surface area contributed by atoms with Crippen molar-refractivity contribution in [3.05, 3.63) is 65.7 Å². The number of aryl methyl sites for hydroxylation is 1. The molecule has 11 heteroatoms. The fourth-order valence-corrected chi connectivity index (χ4v) is 3.88. The third-order valence-electron chi connectivity index (χ3n) is 4.69. The molecule has 0 aliphatic carbocycles. The van der Waals surface area contributed by atoms with E-state index in [1.807, 2.05) is 6.92 Å². The molecule has 2 aromatic carbocycles. The van der Waals surface area contributed by atoms with E-state index in [2.05, 4.69) is 9.93 Å². The van der Waals surface area contributed by atoms with Gasteiger partial charge in [-0.25, -0.2) is 4.79 Å². The van der Waals surface area contributed by atoms with E-state index in [0.29, 0.717) is 0 Å². The van der Waals surface area contributed by atoms with Crippen LogP contribution in [0.15, 0.2) is 64.6 Å². The van der Waals surface area contributed by atoms with Crippen molar-refractivity contribution >= 4 is 27.7 Å². The molecular formula is C22H24N2O8S. The number of methoxy groups -OCH3 is 1. The molecule has 0 bridgehead atoms. The second-order valence-electron chi connectivity index (χ2n) is 7.17. The Balaban J connectivity index is 1.94. The summed E-state index contributed by atoms with van der Waals surface area (Å²) in [6, 6.07) is 14.3. The van der Waals surface area contributed by atoms with Crippen LogP contribution in [-0.2, 0) is 33.8 Å². The van der Waals surface area contributed by atoms with Crippen molar-refractivity contribution in [3.63, 3.8) is 0 Å². The highest BCUT2D eigenvalue weighted by Gasteiger charge is 2.43. The smallest absolute Gasteiger partial charge is 0.338 e. The SMILES string of the molecule is CO[C@H]1OC[C@H](OC(C)=O)C(=NNS(=O)(=O)c2ccc(C)cc2)[C@H]1OC(=O)c1ccccc1. The van der Waals surface area contributed by atoms with Crippen LogP contribution in [0.2, 0.25) is 0 Å². The summed E-state index contributed by atoms with van der Waals surface area (Å²) >= 11 is 0. The number of hydrogen-bond acceptors (Lipinski definition) is 9. The number of ether oxygens (including phenoxy) is 4. The standard InChI is InChI=1S/C22H24N2O8S/c1-14-9-11-17(12-10-14)33(27,28)24-23-19-18(31-15(2)25)13-30-22(29-3)20(19)32-21(26)16-7-5-4-6-8-16/h4-12,18,20,22,24H,13H2,1-3H3/t18-,20+,22-/m0/s1. The van der Waals surface area contributed by atoms with Crippen LogP contribution in [-0.4, -0.2) is 58.3 Å². The van der Waals surface area contributed by atoms with Gasteiger partial charge < -0.3 is 18.9 Å². The zero-order valence-corrected chi connectivity index (χ0v) is 19.1. The number of benzene rings is 2. The Kier molecular flexibility index (Phi) is 7.79. The van der Waals surface area contributed by atoms with Crippen LogP contribution in [0.5, 0.6) is 0 Å². The highest BCUT2D eigenvalue weighted by atomic mass is 32.2. The Hall–Kier alpha value is -3.28. The molecule has 3 atom stereocenters. The fraction of sp³-hybridized carbons (Fsp3) is 0.318. The molecular weight excluding hydrogens is 452 g/mol. The first-order chi connectivity index (χ1) is 15.7. The molecule has 1 saturated heterocycles. The number of hydrazone groups is 1. The van der Waals surface area contributed by atoms with Gasteiger partial charge >= 0.3 is 11.9 Å². The van der Waals surface area contributed by atoms with E-state index in [0.717, 1.165) is 5.56 Å². The average molecular weight is 477 g/mol. The summed E-state index contributed by atoms with van der Waals surface area (Å²) in [5.74, 6) is -1.37. The van der Waals surface area contributed by atoms with Crippen LogP contribution in [0.1, 0.15) is 22.8 Å². The Morgan fingerprint density at radius 2 is 1.73 bits per heavy atom. The molecule has 1 N–H and O–H groups in total. The number of carbonyl (C=O) groups is 2. The van der Waals surface area contributed by atoms with Crippen LogP contribution in [0.25, 0.3) is 0 Å². The van der Waals surface area contributed by atoms with Gasteiger partial charge in [-0.3, -0.25) is 4.79 Å². The molecule has 1 heterocycles. The monoisotopic (exact) mass is 476 g/mol. The normalized spacial score (nSPS) is 21.9. The first-order valence-corrected chi connectivity index (χ1v) is 11.4. The van der Waals surface area contributed by atoms with Crippen molar-refractivity contribution in [1.82, 2.24) is 4.83 Å². The second kappa shape index (κ2) is 10.6. The summed E-state index contributed by atoms with van der Waals surface area (Å²) in [7, 11) is -2.73. The molecule has 1 aliphatic rings. The van der Waals surface area contributed by atoms with E-state index in [1.54, 1.807) is 42.5 Å². The largest absolute Gasteiger partial charge is 0.454 e. The number of hydrogen-bond donors (Lipinski definition) is 1. The van der Waals surface area contributed by atoms with Gasteiger partial charge in [0.15, 0.2) is 12.2 Å². The maximum absolute atomic E-state index is 12.7. The molecule has 3 rings (SSSR count). The van der Waals surface area contributed by atoms with Crippen molar-refractivity contribution in [3.8, 4) is 0 Å². The molecule has 0 radical (unpaired) electrons. The second-order valence-corrected chi connectivity index (χ2v) is 8.83. The summed E-state index contributed by atoms with van der Waals surface area (Å²) < 4.78 is 47.0. The average Bonchev–Trinajstić information content (AvgIpc) is 2.79. The summed E-state index contributed by atoms with van der Waals surface area (Å²) in [5.41, 5.74) is 1.06. The van der Waals surface area contributed by atoms with Crippen LogP contribution >= 0.6 is 0 Å². The third-order valence-corrected chi connectivity index (χ3v) is 5.92. The van der Waals surface area contributed by atoms with Crippen LogP contribution in [0.4, 0.5) is 0 Å². The number of nitrogens with one attached hydrogen (secondary N) is 1. The lowest BCUT2D eigenvalue weighted by molar-refractivity contribution is -0.193. The van der Waals surface area contributed by atoms with Gasteiger partial charge in [0.1, 0.15) is 5.71 Å². The molecule has 2 aromatic rings. The molecule has 1 fully saturated rings. The van der Waals surface area contributed by atoms with E-state index in [1.165, 1.54) is 26.2 Å². The quantitative estimate of drug-likeness (QED) is 0.473. The molecule has 1 aliphatic heterocycles. The van der Waals surface area contributed by atoms with Gasteiger partial charge in [0, 0.05) is 14.0 Å². The molecule has 0 spiro atoms. The van der Waals surface area contributed by atoms with Crippen molar-refractivity contribution in [1.29, 1.82) is 0 Å². The number of esters is 2. The predicted octanol–water partition coefficient (Wildman–Crippen LogP) is 1.79. The highest BCUT2D eigenvalue weighted by Crippen LogP contribution is 2.21. The number of rotatable bonds is 7. The maximum atomic E-state index is 12.7. The van der Waals surface area contributed by atoms with Gasteiger partial charge in [0.2, 0.25) is 6.29 Å². The molecule has 0 aromatic heterocycles. The van der Waals surface area contributed by atoms with Gasteiger partial charge in [0.25, 0.3) is 10.0 Å². The summed E-state index contributed by atoms with van der Waals surface area (Å²) in [5, 5.41) is 3.98. The first kappa shape index (κ1) is 24.4. The molecule has 0 unspecified atom stereocenters. The molecule has 10 nitrogen and oxygen atoms in total. The van der Waals surface area contributed by atoms with Crippen molar-refractivity contribution in [2.45, 2.75) is 37.2 Å².